The highest BCUT2D eigenvalue weighted by Gasteiger charge is 2.19. The van der Waals surface area contributed by atoms with Gasteiger partial charge in [-0.3, -0.25) is 9.52 Å². The lowest BCUT2D eigenvalue weighted by Crippen LogP contribution is -2.19. The zero-order valence-electron chi connectivity index (χ0n) is 15.8. The quantitative estimate of drug-likeness (QED) is 0.632. The summed E-state index contributed by atoms with van der Waals surface area (Å²) >= 11 is 0. The van der Waals surface area contributed by atoms with E-state index in [4.69, 9.17) is 0 Å². The third kappa shape index (κ3) is 6.02. The van der Waals surface area contributed by atoms with E-state index in [9.17, 15) is 22.0 Å². The van der Waals surface area contributed by atoms with Crippen LogP contribution in [0, 0.1) is 11.6 Å². The Morgan fingerprint density at radius 3 is 2.29 bits per heavy atom. The third-order valence-electron chi connectivity index (χ3n) is 4.26. The van der Waals surface area contributed by atoms with Crippen molar-refractivity contribution < 1.29 is 22.0 Å². The predicted octanol–water partition coefficient (Wildman–Crippen LogP) is 4.64. The molecule has 0 saturated heterocycles. The van der Waals surface area contributed by atoms with Crippen LogP contribution in [0.1, 0.15) is 44.6 Å². The van der Waals surface area contributed by atoms with E-state index in [0.717, 1.165) is 11.6 Å². The molecule has 0 aromatic heterocycles. The molecular weight excluding hydrogens is 386 g/mol. The molecule has 1 unspecified atom stereocenters. The van der Waals surface area contributed by atoms with E-state index >= 15 is 0 Å². The number of halogens is 2. The topological polar surface area (TPSA) is 75.3 Å². The number of nitrogens with one attached hydrogen (secondary N) is 2. The van der Waals surface area contributed by atoms with E-state index < -0.39 is 33.3 Å². The molecule has 0 spiro atoms. The number of amides is 1. The molecule has 152 valence electrons. The van der Waals surface area contributed by atoms with Crippen LogP contribution in [0.25, 0.3) is 0 Å². The van der Waals surface area contributed by atoms with Crippen LogP contribution in [0.3, 0.4) is 0 Å². The van der Waals surface area contributed by atoms with E-state index in [-0.39, 0.29) is 23.8 Å². The van der Waals surface area contributed by atoms with Gasteiger partial charge in [0.05, 0.1) is 17.1 Å². The van der Waals surface area contributed by atoms with E-state index in [0.29, 0.717) is 18.9 Å². The van der Waals surface area contributed by atoms with E-state index in [1.165, 1.54) is 0 Å². The van der Waals surface area contributed by atoms with Crippen molar-refractivity contribution in [3.8, 4) is 0 Å². The van der Waals surface area contributed by atoms with Crippen LogP contribution in [-0.2, 0) is 14.8 Å². The van der Waals surface area contributed by atoms with Gasteiger partial charge in [0.1, 0.15) is 11.6 Å². The van der Waals surface area contributed by atoms with Gasteiger partial charge in [0, 0.05) is 12.5 Å². The number of hydrogen-bond donors (Lipinski definition) is 2. The first-order valence-electron chi connectivity index (χ1n) is 9.10. The fourth-order valence-electron chi connectivity index (χ4n) is 2.86. The Kier molecular flexibility index (Phi) is 7.51. The molecule has 0 fully saturated rings. The monoisotopic (exact) mass is 410 g/mol. The summed E-state index contributed by atoms with van der Waals surface area (Å²) in [6.07, 6.45) is 1.18. The number of carbonyl (C=O) groups excluding carboxylic acids is 1. The molecule has 0 bridgehead atoms. The van der Waals surface area contributed by atoms with Crippen LogP contribution in [0.15, 0.2) is 42.5 Å². The van der Waals surface area contributed by atoms with Crippen LogP contribution in [0.5, 0.6) is 0 Å². The first-order valence-corrected chi connectivity index (χ1v) is 10.7. The molecule has 2 N–H and O–H groups in total. The van der Waals surface area contributed by atoms with Crippen LogP contribution in [-0.4, -0.2) is 20.1 Å². The highest BCUT2D eigenvalue weighted by Crippen LogP contribution is 2.27. The Hall–Kier alpha value is -2.48. The average Bonchev–Trinajstić information content (AvgIpc) is 2.64. The molecule has 0 aliphatic heterocycles. The molecule has 0 radical (unpaired) electrons. The number of rotatable bonds is 9. The molecule has 5 nitrogen and oxygen atoms in total. The maximum Gasteiger partial charge on any atom is 0.232 e. The van der Waals surface area contributed by atoms with Gasteiger partial charge in [-0.25, -0.2) is 17.2 Å². The van der Waals surface area contributed by atoms with Gasteiger partial charge >= 0.3 is 0 Å². The summed E-state index contributed by atoms with van der Waals surface area (Å²) in [4.78, 5) is 12.4. The molecule has 0 aliphatic rings. The van der Waals surface area contributed by atoms with Crippen LogP contribution < -0.4 is 10.0 Å². The summed E-state index contributed by atoms with van der Waals surface area (Å²) in [6.45, 7) is 3.62. The Morgan fingerprint density at radius 1 is 1.04 bits per heavy atom. The SMILES string of the molecule is CCCS(=O)(=O)Nc1cc(NC(=O)CC(CC)c2ccccc2)c(F)cc1F. The van der Waals surface area contributed by atoms with Crippen LogP contribution in [0.4, 0.5) is 20.2 Å². The number of anilines is 2. The third-order valence-corrected chi connectivity index (χ3v) is 5.74. The molecule has 0 aliphatic carbocycles. The highest BCUT2D eigenvalue weighted by atomic mass is 32.2. The normalized spacial score (nSPS) is 12.4. The predicted molar refractivity (Wildman–Crippen MR) is 107 cm³/mol. The molecule has 0 saturated carbocycles. The van der Waals surface area contributed by atoms with Crippen molar-refractivity contribution in [3.63, 3.8) is 0 Å². The summed E-state index contributed by atoms with van der Waals surface area (Å²) in [5, 5.41) is 2.41. The van der Waals surface area contributed by atoms with Gasteiger partial charge in [0.2, 0.25) is 15.9 Å². The zero-order chi connectivity index (χ0) is 20.7. The maximum absolute atomic E-state index is 14.1. The van der Waals surface area contributed by atoms with E-state index in [1.807, 2.05) is 37.3 Å². The number of hydrogen-bond acceptors (Lipinski definition) is 3. The molecule has 1 atom stereocenters. The Morgan fingerprint density at radius 2 is 1.68 bits per heavy atom. The summed E-state index contributed by atoms with van der Waals surface area (Å²) in [7, 11) is -3.75. The summed E-state index contributed by atoms with van der Waals surface area (Å²) in [5.41, 5.74) is 0.316. The fraction of sp³-hybridized carbons (Fsp3) is 0.350. The van der Waals surface area contributed by atoms with Gasteiger partial charge in [0.25, 0.3) is 0 Å². The van der Waals surface area contributed by atoms with Gasteiger partial charge in [-0.15, -0.1) is 0 Å². The molecule has 2 aromatic rings. The number of benzene rings is 2. The Balaban J connectivity index is 2.16. The van der Waals surface area contributed by atoms with Crippen molar-refractivity contribution in [3.05, 3.63) is 59.7 Å². The van der Waals surface area contributed by atoms with Crippen molar-refractivity contribution >= 4 is 27.3 Å². The smallest absolute Gasteiger partial charge is 0.232 e. The minimum atomic E-state index is -3.75. The summed E-state index contributed by atoms with van der Waals surface area (Å²) in [6, 6.07) is 11.0. The van der Waals surface area contributed by atoms with Crippen LogP contribution in [0.2, 0.25) is 0 Å². The first-order chi connectivity index (χ1) is 13.3. The van der Waals surface area contributed by atoms with Crippen molar-refractivity contribution in [2.75, 3.05) is 15.8 Å². The van der Waals surface area contributed by atoms with E-state index in [2.05, 4.69) is 10.0 Å². The molecule has 1 amide bonds. The Bertz CT molecular complexity index is 919. The van der Waals surface area contributed by atoms with E-state index in [1.54, 1.807) is 6.92 Å². The lowest BCUT2D eigenvalue weighted by Gasteiger charge is -2.16. The van der Waals surface area contributed by atoms with Crippen molar-refractivity contribution in [2.24, 2.45) is 0 Å². The first kappa shape index (κ1) is 21.8. The zero-order valence-corrected chi connectivity index (χ0v) is 16.7. The second kappa shape index (κ2) is 9.64. The average molecular weight is 410 g/mol. The second-order valence-corrected chi connectivity index (χ2v) is 8.34. The lowest BCUT2D eigenvalue weighted by atomic mass is 9.93. The van der Waals surface area contributed by atoms with Gasteiger partial charge in [-0.1, -0.05) is 44.2 Å². The largest absolute Gasteiger partial charge is 0.324 e. The maximum atomic E-state index is 14.1. The van der Waals surface area contributed by atoms with Crippen molar-refractivity contribution in [2.45, 2.75) is 39.0 Å². The molecule has 8 heteroatoms. The second-order valence-electron chi connectivity index (χ2n) is 6.50. The van der Waals surface area contributed by atoms with Crippen LogP contribution >= 0.6 is 0 Å². The molecule has 28 heavy (non-hydrogen) atoms. The minimum absolute atomic E-state index is 0.0489. The minimum Gasteiger partial charge on any atom is -0.324 e. The molecule has 0 heterocycles. The molecule has 2 aromatic carbocycles. The van der Waals surface area contributed by atoms with Crippen molar-refractivity contribution in [1.29, 1.82) is 0 Å². The molecule has 2 rings (SSSR count). The highest BCUT2D eigenvalue weighted by molar-refractivity contribution is 7.92. The summed E-state index contributed by atoms with van der Waals surface area (Å²) in [5.74, 6) is -2.71. The van der Waals surface area contributed by atoms with Gasteiger partial charge in [-0.2, -0.15) is 0 Å². The molecular formula is C20H24F2N2O3S. The van der Waals surface area contributed by atoms with Crippen molar-refractivity contribution in [1.82, 2.24) is 0 Å². The standard InChI is InChI=1S/C20H24F2N2O3S/c1-3-10-28(26,27)24-19-13-18(16(21)12-17(19)22)23-20(25)11-14(4-2)15-8-6-5-7-9-15/h5-9,12-14,24H,3-4,10-11H2,1-2H3,(H,23,25). The van der Waals surface area contributed by atoms with Gasteiger partial charge < -0.3 is 5.32 Å². The summed E-state index contributed by atoms with van der Waals surface area (Å²) < 4.78 is 53.8. The number of sulfonamides is 1. The lowest BCUT2D eigenvalue weighted by molar-refractivity contribution is -0.116. The van der Waals surface area contributed by atoms with Gasteiger partial charge in [-0.05, 0) is 30.4 Å². The number of carbonyl (C=O) groups is 1. The Labute approximate surface area is 164 Å². The fourth-order valence-corrected chi connectivity index (χ4v) is 3.99. The van der Waals surface area contributed by atoms with Gasteiger partial charge in [0.15, 0.2) is 0 Å².